The van der Waals surface area contributed by atoms with Crippen molar-refractivity contribution in [3.8, 4) is 0 Å². The SMILES string of the molecule is CCc1nc(Nc2ccccc2)c2cc(CC)c(C)cc2n1. The lowest BCUT2D eigenvalue weighted by molar-refractivity contribution is 0.962. The summed E-state index contributed by atoms with van der Waals surface area (Å²) in [5.74, 6) is 1.76. The first-order valence-corrected chi connectivity index (χ1v) is 7.83. The number of hydrogen-bond donors (Lipinski definition) is 1. The van der Waals surface area contributed by atoms with Gasteiger partial charge in [-0.15, -0.1) is 0 Å². The van der Waals surface area contributed by atoms with Crippen LogP contribution in [0.1, 0.15) is 30.8 Å². The van der Waals surface area contributed by atoms with E-state index in [-0.39, 0.29) is 0 Å². The molecule has 0 saturated heterocycles. The van der Waals surface area contributed by atoms with Crippen LogP contribution in [0.15, 0.2) is 42.5 Å². The molecule has 0 aliphatic carbocycles. The monoisotopic (exact) mass is 291 g/mol. The molecule has 1 heterocycles. The second-order valence-corrected chi connectivity index (χ2v) is 5.48. The van der Waals surface area contributed by atoms with Gasteiger partial charge < -0.3 is 5.32 Å². The normalized spacial score (nSPS) is 10.9. The molecule has 3 nitrogen and oxygen atoms in total. The van der Waals surface area contributed by atoms with Crippen LogP contribution >= 0.6 is 0 Å². The molecule has 1 aromatic heterocycles. The minimum Gasteiger partial charge on any atom is -0.340 e. The van der Waals surface area contributed by atoms with Crippen molar-refractivity contribution in [3.63, 3.8) is 0 Å². The van der Waals surface area contributed by atoms with E-state index in [1.807, 2.05) is 18.2 Å². The summed E-state index contributed by atoms with van der Waals surface area (Å²) in [5, 5.41) is 4.53. The van der Waals surface area contributed by atoms with Gasteiger partial charge in [-0.05, 0) is 48.7 Å². The molecule has 0 atom stereocenters. The molecular formula is C19H21N3. The molecule has 3 heteroatoms. The van der Waals surface area contributed by atoms with Crippen molar-refractivity contribution >= 4 is 22.4 Å². The lowest BCUT2D eigenvalue weighted by atomic mass is 10.0. The molecular weight excluding hydrogens is 270 g/mol. The number of aromatic nitrogens is 2. The average molecular weight is 291 g/mol. The van der Waals surface area contributed by atoms with Crippen LogP contribution in [0.3, 0.4) is 0 Å². The Hall–Kier alpha value is -2.42. The summed E-state index contributed by atoms with van der Waals surface area (Å²) in [5.41, 5.74) is 4.70. The standard InChI is InChI=1S/C19H21N3/c1-4-14-12-16-17(11-13(14)3)21-18(5-2)22-19(16)20-15-9-7-6-8-10-15/h6-12H,4-5H2,1-3H3,(H,20,21,22). The van der Waals surface area contributed by atoms with Gasteiger partial charge in [-0.1, -0.05) is 32.0 Å². The van der Waals surface area contributed by atoms with E-state index in [1.165, 1.54) is 11.1 Å². The first-order valence-electron chi connectivity index (χ1n) is 7.83. The van der Waals surface area contributed by atoms with Crippen molar-refractivity contribution in [1.29, 1.82) is 0 Å². The number of fused-ring (bicyclic) bond motifs is 1. The number of nitrogens with zero attached hydrogens (tertiary/aromatic N) is 2. The fourth-order valence-corrected chi connectivity index (χ4v) is 2.67. The predicted octanol–water partition coefficient (Wildman–Crippen LogP) is 4.81. The quantitative estimate of drug-likeness (QED) is 0.749. The maximum Gasteiger partial charge on any atom is 0.142 e. The fraction of sp³-hybridized carbons (Fsp3) is 0.263. The van der Waals surface area contributed by atoms with Gasteiger partial charge in [0.15, 0.2) is 0 Å². The summed E-state index contributed by atoms with van der Waals surface area (Å²) in [7, 11) is 0. The minimum absolute atomic E-state index is 0.827. The van der Waals surface area contributed by atoms with E-state index < -0.39 is 0 Å². The summed E-state index contributed by atoms with van der Waals surface area (Å²) < 4.78 is 0. The number of nitrogens with one attached hydrogen (secondary N) is 1. The summed E-state index contributed by atoms with van der Waals surface area (Å²) in [6.07, 6.45) is 1.84. The highest BCUT2D eigenvalue weighted by Gasteiger charge is 2.10. The maximum atomic E-state index is 4.70. The second-order valence-electron chi connectivity index (χ2n) is 5.48. The van der Waals surface area contributed by atoms with Crippen molar-refractivity contribution in [3.05, 3.63) is 59.4 Å². The van der Waals surface area contributed by atoms with Crippen LogP contribution in [0.2, 0.25) is 0 Å². The van der Waals surface area contributed by atoms with Crippen molar-refractivity contribution in [1.82, 2.24) is 9.97 Å². The van der Waals surface area contributed by atoms with E-state index >= 15 is 0 Å². The molecule has 0 spiro atoms. The van der Waals surface area contributed by atoms with Crippen molar-refractivity contribution in [2.24, 2.45) is 0 Å². The van der Waals surface area contributed by atoms with Gasteiger partial charge in [0.1, 0.15) is 11.6 Å². The van der Waals surface area contributed by atoms with E-state index in [1.54, 1.807) is 0 Å². The molecule has 0 fully saturated rings. The maximum absolute atomic E-state index is 4.70. The molecule has 22 heavy (non-hydrogen) atoms. The Morgan fingerprint density at radius 3 is 2.41 bits per heavy atom. The molecule has 0 aliphatic heterocycles. The third kappa shape index (κ3) is 2.80. The molecule has 0 bridgehead atoms. The number of rotatable bonds is 4. The highest BCUT2D eigenvalue weighted by Crippen LogP contribution is 2.27. The van der Waals surface area contributed by atoms with Crippen LogP contribution in [0, 0.1) is 6.92 Å². The van der Waals surface area contributed by atoms with Gasteiger partial charge in [-0.2, -0.15) is 0 Å². The lowest BCUT2D eigenvalue weighted by Gasteiger charge is -2.13. The smallest absolute Gasteiger partial charge is 0.142 e. The van der Waals surface area contributed by atoms with Gasteiger partial charge in [-0.3, -0.25) is 0 Å². The Kier molecular flexibility index (Phi) is 4.05. The summed E-state index contributed by atoms with van der Waals surface area (Å²) in [6, 6.07) is 14.5. The molecule has 0 saturated carbocycles. The van der Waals surface area contributed by atoms with Gasteiger partial charge in [0.25, 0.3) is 0 Å². The summed E-state index contributed by atoms with van der Waals surface area (Å²) in [4.78, 5) is 9.38. The Bertz CT molecular complexity index is 795. The van der Waals surface area contributed by atoms with Gasteiger partial charge in [0.2, 0.25) is 0 Å². The van der Waals surface area contributed by atoms with Gasteiger partial charge >= 0.3 is 0 Å². The Labute approximate surface area is 131 Å². The zero-order valence-electron chi connectivity index (χ0n) is 13.4. The highest BCUT2D eigenvalue weighted by molar-refractivity contribution is 5.92. The lowest BCUT2D eigenvalue weighted by Crippen LogP contribution is -2.02. The van der Waals surface area contributed by atoms with Crippen LogP contribution in [0.4, 0.5) is 11.5 Å². The summed E-state index contributed by atoms with van der Waals surface area (Å²) >= 11 is 0. The topological polar surface area (TPSA) is 37.8 Å². The van der Waals surface area contributed by atoms with Crippen LogP contribution in [-0.4, -0.2) is 9.97 Å². The zero-order valence-corrected chi connectivity index (χ0v) is 13.4. The summed E-state index contributed by atoms with van der Waals surface area (Å²) in [6.45, 7) is 6.41. The third-order valence-electron chi connectivity index (χ3n) is 3.93. The van der Waals surface area contributed by atoms with E-state index in [0.717, 1.165) is 41.1 Å². The molecule has 2 aromatic carbocycles. The second kappa shape index (κ2) is 6.14. The third-order valence-corrected chi connectivity index (χ3v) is 3.93. The van der Waals surface area contributed by atoms with E-state index in [9.17, 15) is 0 Å². The number of aryl methyl sites for hydroxylation is 3. The Morgan fingerprint density at radius 1 is 0.955 bits per heavy atom. The molecule has 0 unspecified atom stereocenters. The van der Waals surface area contributed by atoms with E-state index in [0.29, 0.717) is 0 Å². The van der Waals surface area contributed by atoms with Crippen LogP contribution < -0.4 is 5.32 Å². The van der Waals surface area contributed by atoms with Gasteiger partial charge in [0, 0.05) is 17.5 Å². The molecule has 3 rings (SSSR count). The number of para-hydroxylation sites is 1. The Morgan fingerprint density at radius 2 is 1.73 bits per heavy atom. The van der Waals surface area contributed by atoms with Crippen molar-refractivity contribution in [2.45, 2.75) is 33.6 Å². The fourth-order valence-electron chi connectivity index (χ4n) is 2.67. The van der Waals surface area contributed by atoms with Crippen LogP contribution in [0.25, 0.3) is 10.9 Å². The minimum atomic E-state index is 0.827. The number of benzene rings is 2. The number of hydrogen-bond acceptors (Lipinski definition) is 3. The molecule has 112 valence electrons. The van der Waals surface area contributed by atoms with Crippen LogP contribution in [-0.2, 0) is 12.8 Å². The highest BCUT2D eigenvalue weighted by atomic mass is 15.0. The first kappa shape index (κ1) is 14.5. The molecule has 0 amide bonds. The van der Waals surface area contributed by atoms with Crippen LogP contribution in [0.5, 0.6) is 0 Å². The average Bonchev–Trinajstić information content (AvgIpc) is 2.55. The number of anilines is 2. The van der Waals surface area contributed by atoms with Crippen molar-refractivity contribution < 1.29 is 0 Å². The van der Waals surface area contributed by atoms with Gasteiger partial charge in [0.05, 0.1) is 5.52 Å². The molecule has 1 N–H and O–H groups in total. The van der Waals surface area contributed by atoms with E-state index in [2.05, 4.69) is 55.3 Å². The zero-order chi connectivity index (χ0) is 15.5. The van der Waals surface area contributed by atoms with Crippen molar-refractivity contribution in [2.75, 3.05) is 5.32 Å². The van der Waals surface area contributed by atoms with E-state index in [4.69, 9.17) is 4.98 Å². The molecule has 0 radical (unpaired) electrons. The van der Waals surface area contributed by atoms with Gasteiger partial charge in [-0.25, -0.2) is 9.97 Å². The molecule has 0 aliphatic rings. The largest absolute Gasteiger partial charge is 0.340 e. The molecule has 3 aromatic rings. The Balaban J connectivity index is 2.17. The predicted molar refractivity (Wildman–Crippen MR) is 92.8 cm³/mol. The first-order chi connectivity index (χ1) is 10.7.